The highest BCUT2D eigenvalue weighted by molar-refractivity contribution is 6.02. The van der Waals surface area contributed by atoms with Gasteiger partial charge in [-0.1, -0.05) is 0 Å². The maximum absolute atomic E-state index is 12.6. The van der Waals surface area contributed by atoms with Crippen molar-refractivity contribution in [1.29, 1.82) is 0 Å². The number of aliphatic carboxylic acids is 1. The SMILES string of the molecule is COc1cc(CC(=O)c2c(O)cc(O)cc2O)c(OCC(=O)O)cc1OC. The summed E-state index contributed by atoms with van der Waals surface area (Å²) in [6, 6.07) is 4.65. The molecule has 0 atom stereocenters. The largest absolute Gasteiger partial charge is 0.508 e. The summed E-state index contributed by atoms with van der Waals surface area (Å²) in [5, 5.41) is 37.9. The first-order valence-electron chi connectivity index (χ1n) is 7.64. The smallest absolute Gasteiger partial charge is 0.341 e. The number of ether oxygens (including phenoxy) is 3. The Labute approximate surface area is 154 Å². The first-order valence-corrected chi connectivity index (χ1v) is 7.64. The lowest BCUT2D eigenvalue weighted by atomic mass is 10.00. The molecule has 0 fully saturated rings. The zero-order chi connectivity index (χ0) is 20.1. The highest BCUT2D eigenvalue weighted by atomic mass is 16.5. The number of carbonyl (C=O) groups is 2. The number of Topliss-reactive ketones (excluding diaryl/α,β-unsaturated/α-hetero) is 1. The zero-order valence-corrected chi connectivity index (χ0v) is 14.6. The van der Waals surface area contributed by atoms with Gasteiger partial charge in [0.1, 0.15) is 28.6 Å². The van der Waals surface area contributed by atoms with E-state index in [9.17, 15) is 24.9 Å². The van der Waals surface area contributed by atoms with Crippen LogP contribution in [0.4, 0.5) is 0 Å². The molecule has 2 aromatic carbocycles. The Morgan fingerprint density at radius 1 is 0.889 bits per heavy atom. The molecule has 0 aliphatic carbocycles. The lowest BCUT2D eigenvalue weighted by Crippen LogP contribution is -2.12. The zero-order valence-electron chi connectivity index (χ0n) is 14.6. The van der Waals surface area contributed by atoms with Gasteiger partial charge in [0.2, 0.25) is 0 Å². The molecule has 0 spiro atoms. The molecule has 2 rings (SSSR count). The average Bonchev–Trinajstić information content (AvgIpc) is 2.59. The van der Waals surface area contributed by atoms with Gasteiger partial charge in [0.05, 0.1) is 14.2 Å². The molecule has 0 saturated carbocycles. The molecule has 0 unspecified atom stereocenters. The molecular weight excluding hydrogens is 360 g/mol. The molecule has 9 nitrogen and oxygen atoms in total. The number of carboxylic acids is 1. The Hall–Kier alpha value is -3.62. The maximum atomic E-state index is 12.6. The van der Waals surface area contributed by atoms with Crippen molar-refractivity contribution in [2.75, 3.05) is 20.8 Å². The van der Waals surface area contributed by atoms with E-state index in [1.807, 2.05) is 0 Å². The Morgan fingerprint density at radius 3 is 1.96 bits per heavy atom. The Kier molecular flexibility index (Phi) is 5.96. The van der Waals surface area contributed by atoms with Crippen molar-refractivity contribution in [1.82, 2.24) is 0 Å². The van der Waals surface area contributed by atoms with Crippen molar-refractivity contribution < 1.29 is 44.2 Å². The second kappa shape index (κ2) is 8.17. The summed E-state index contributed by atoms with van der Waals surface area (Å²) in [6.45, 7) is -0.646. The summed E-state index contributed by atoms with van der Waals surface area (Å²) in [7, 11) is 2.77. The highest BCUT2D eigenvalue weighted by Crippen LogP contribution is 2.37. The van der Waals surface area contributed by atoms with Crippen molar-refractivity contribution in [3.63, 3.8) is 0 Å². The summed E-state index contributed by atoms with van der Waals surface area (Å²) < 4.78 is 15.5. The van der Waals surface area contributed by atoms with Gasteiger partial charge in [-0.05, 0) is 6.07 Å². The minimum Gasteiger partial charge on any atom is -0.508 e. The van der Waals surface area contributed by atoms with Gasteiger partial charge in [0.15, 0.2) is 23.9 Å². The summed E-state index contributed by atoms with van der Waals surface area (Å²) in [5.74, 6) is -2.86. The Morgan fingerprint density at radius 2 is 1.44 bits per heavy atom. The molecule has 144 valence electrons. The van der Waals surface area contributed by atoms with Crippen LogP contribution in [-0.2, 0) is 11.2 Å². The van der Waals surface area contributed by atoms with Crippen LogP contribution >= 0.6 is 0 Å². The van der Waals surface area contributed by atoms with Crippen LogP contribution in [0, 0.1) is 0 Å². The summed E-state index contributed by atoms with van der Waals surface area (Å²) in [4.78, 5) is 23.4. The maximum Gasteiger partial charge on any atom is 0.341 e. The van der Waals surface area contributed by atoms with Crippen LogP contribution in [0.15, 0.2) is 24.3 Å². The molecule has 4 N–H and O–H groups in total. The van der Waals surface area contributed by atoms with E-state index in [0.717, 1.165) is 12.1 Å². The van der Waals surface area contributed by atoms with Crippen molar-refractivity contribution >= 4 is 11.8 Å². The summed E-state index contributed by atoms with van der Waals surface area (Å²) in [6.07, 6.45) is -0.346. The normalized spacial score (nSPS) is 10.3. The van der Waals surface area contributed by atoms with Crippen LogP contribution in [0.5, 0.6) is 34.5 Å². The van der Waals surface area contributed by atoms with Crippen molar-refractivity contribution in [2.24, 2.45) is 0 Å². The molecule has 2 aromatic rings. The quantitative estimate of drug-likeness (QED) is 0.505. The third-order valence-electron chi connectivity index (χ3n) is 3.63. The third kappa shape index (κ3) is 4.51. The molecule has 0 bridgehead atoms. The molecule has 9 heteroatoms. The van der Waals surface area contributed by atoms with Gasteiger partial charge in [0.25, 0.3) is 0 Å². The minimum atomic E-state index is -1.21. The molecular formula is C18H18O9. The van der Waals surface area contributed by atoms with Crippen molar-refractivity contribution in [3.05, 3.63) is 35.4 Å². The standard InChI is InChI=1S/C18H18O9/c1-25-15-4-9(14(7-16(15)26-2)27-8-17(23)24)3-11(20)18-12(21)5-10(19)6-13(18)22/h4-7,19,21-22H,3,8H2,1-2H3,(H,23,24). The van der Waals surface area contributed by atoms with E-state index in [2.05, 4.69) is 0 Å². The Bertz CT molecular complexity index is 850. The van der Waals surface area contributed by atoms with Gasteiger partial charge in [-0.15, -0.1) is 0 Å². The first-order chi connectivity index (χ1) is 12.8. The van der Waals surface area contributed by atoms with Crippen LogP contribution in [0.1, 0.15) is 15.9 Å². The van der Waals surface area contributed by atoms with Crippen LogP contribution in [-0.4, -0.2) is 53.0 Å². The number of hydrogen-bond donors (Lipinski definition) is 4. The highest BCUT2D eigenvalue weighted by Gasteiger charge is 2.22. The Balaban J connectivity index is 2.44. The summed E-state index contributed by atoms with van der Waals surface area (Å²) in [5.41, 5.74) is -0.127. The van der Waals surface area contributed by atoms with E-state index >= 15 is 0 Å². The minimum absolute atomic E-state index is 0.0705. The fourth-order valence-corrected chi connectivity index (χ4v) is 2.46. The predicted molar refractivity (Wildman–Crippen MR) is 92.1 cm³/mol. The van der Waals surface area contributed by atoms with Gasteiger partial charge in [0, 0.05) is 30.2 Å². The number of phenolic OH excluding ortho intramolecular Hbond substituents is 3. The van der Waals surface area contributed by atoms with Crippen molar-refractivity contribution in [3.8, 4) is 34.5 Å². The van der Waals surface area contributed by atoms with Crippen LogP contribution < -0.4 is 14.2 Å². The lowest BCUT2D eigenvalue weighted by molar-refractivity contribution is -0.139. The van der Waals surface area contributed by atoms with Crippen molar-refractivity contribution in [2.45, 2.75) is 6.42 Å². The number of rotatable bonds is 8. The molecule has 0 aliphatic rings. The van der Waals surface area contributed by atoms with Gasteiger partial charge in [-0.25, -0.2) is 4.79 Å². The second-order valence-corrected chi connectivity index (χ2v) is 5.46. The number of carboxylic acid groups (broad SMARTS) is 1. The molecule has 0 saturated heterocycles. The predicted octanol–water partition coefficient (Wildman–Crippen LogP) is 1.71. The van der Waals surface area contributed by atoms with E-state index in [1.54, 1.807) is 0 Å². The average molecular weight is 378 g/mol. The monoisotopic (exact) mass is 378 g/mol. The fourth-order valence-electron chi connectivity index (χ4n) is 2.46. The third-order valence-corrected chi connectivity index (χ3v) is 3.63. The molecule has 0 aliphatic heterocycles. The number of carbonyl (C=O) groups excluding carboxylic acids is 1. The van der Waals surface area contributed by atoms with Crippen LogP contribution in [0.3, 0.4) is 0 Å². The number of hydrogen-bond acceptors (Lipinski definition) is 8. The first kappa shape index (κ1) is 19.7. The molecule has 0 heterocycles. The van der Waals surface area contributed by atoms with E-state index < -0.39 is 35.6 Å². The number of benzene rings is 2. The molecule has 27 heavy (non-hydrogen) atoms. The van der Waals surface area contributed by atoms with Gasteiger partial charge in [-0.2, -0.15) is 0 Å². The van der Waals surface area contributed by atoms with E-state index in [1.165, 1.54) is 26.4 Å². The summed E-state index contributed by atoms with van der Waals surface area (Å²) >= 11 is 0. The number of ketones is 1. The van der Waals surface area contributed by atoms with E-state index in [0.29, 0.717) is 0 Å². The van der Waals surface area contributed by atoms with Gasteiger partial charge >= 0.3 is 5.97 Å². The van der Waals surface area contributed by atoms with Gasteiger partial charge in [-0.3, -0.25) is 4.79 Å². The van der Waals surface area contributed by atoms with Crippen LogP contribution in [0.2, 0.25) is 0 Å². The molecule has 0 aromatic heterocycles. The van der Waals surface area contributed by atoms with E-state index in [4.69, 9.17) is 19.3 Å². The van der Waals surface area contributed by atoms with Gasteiger partial charge < -0.3 is 34.6 Å². The topological polar surface area (TPSA) is 143 Å². The van der Waals surface area contributed by atoms with E-state index in [-0.39, 0.29) is 34.8 Å². The molecule has 0 radical (unpaired) electrons. The number of methoxy groups -OCH3 is 2. The number of aromatic hydroxyl groups is 3. The number of phenols is 3. The van der Waals surface area contributed by atoms with Crippen LogP contribution in [0.25, 0.3) is 0 Å². The molecule has 0 amide bonds. The fraction of sp³-hybridized carbons (Fsp3) is 0.222. The lowest BCUT2D eigenvalue weighted by Gasteiger charge is -2.15. The second-order valence-electron chi connectivity index (χ2n) is 5.46.